The van der Waals surface area contributed by atoms with Gasteiger partial charge < -0.3 is 12.7 Å². The summed E-state index contributed by atoms with van der Waals surface area (Å²) in [6, 6.07) is 6.94. The van der Waals surface area contributed by atoms with E-state index in [9.17, 15) is 45.5 Å². The average molecular weight is 644 g/mol. The summed E-state index contributed by atoms with van der Waals surface area (Å²) in [5.41, 5.74) is -1.06. The van der Waals surface area contributed by atoms with Gasteiger partial charge in [-0.15, -0.1) is 0 Å². The molecule has 1 saturated heterocycles. The number of likely N-dealkylation sites (N-methyl/N-ethyl adjacent to an activating group) is 2. The maximum Gasteiger partial charge on any atom is 2.00 e. The fourth-order valence-corrected chi connectivity index (χ4v) is 3.42. The van der Waals surface area contributed by atoms with Gasteiger partial charge in [0.05, 0.1) is 0 Å². The Bertz CT molecular complexity index is 1270. The second-order valence-corrected chi connectivity index (χ2v) is 8.93. The second kappa shape index (κ2) is 15.5. The van der Waals surface area contributed by atoms with Gasteiger partial charge in [0.2, 0.25) is 11.6 Å². The van der Waals surface area contributed by atoms with Crippen LogP contribution >= 0.6 is 15.9 Å². The molecule has 0 N–H and O–H groups in total. The van der Waals surface area contributed by atoms with Gasteiger partial charge in [-0.3, -0.25) is 19.2 Å². The normalized spacial score (nSPS) is 12.4. The quantitative estimate of drug-likeness (QED) is 0.178. The monoisotopic (exact) mass is 642 g/mol. The van der Waals surface area contributed by atoms with Crippen LogP contribution in [0.1, 0.15) is 23.6 Å². The van der Waals surface area contributed by atoms with Crippen molar-refractivity contribution in [3.63, 3.8) is 0 Å². The number of nitrogens with zero attached hydrogens (tertiary/aromatic N) is 2. The first-order valence-electron chi connectivity index (χ1n) is 10.8. The van der Waals surface area contributed by atoms with Gasteiger partial charge in [-0.2, -0.15) is 0 Å². The predicted octanol–water partition coefficient (Wildman–Crippen LogP) is 4.80. The van der Waals surface area contributed by atoms with Crippen molar-refractivity contribution in [2.45, 2.75) is 0 Å². The summed E-state index contributed by atoms with van der Waals surface area (Å²) in [4.78, 5) is 48.1. The Morgan fingerprint density at radius 2 is 0.850 bits per heavy atom. The summed E-state index contributed by atoms with van der Waals surface area (Å²) in [5, 5.41) is 0. The Morgan fingerprint density at radius 3 is 1.10 bits per heavy atom. The van der Waals surface area contributed by atoms with E-state index in [-0.39, 0.29) is 25.9 Å². The van der Waals surface area contributed by atoms with E-state index in [1.54, 1.807) is 14.1 Å². The zero-order valence-electron chi connectivity index (χ0n) is 23.0. The molecule has 4 rings (SSSR count). The van der Waals surface area contributed by atoms with E-state index in [0.717, 1.165) is 6.07 Å². The van der Waals surface area contributed by atoms with Gasteiger partial charge in [0.25, 0.3) is 0 Å². The molecule has 40 heavy (non-hydrogen) atoms. The summed E-state index contributed by atoms with van der Waals surface area (Å²) >= 11 is 2.93. The minimum Gasteiger partial charge on any atom is -1.00 e. The zero-order chi connectivity index (χ0) is 29.4. The van der Waals surface area contributed by atoms with Crippen molar-refractivity contribution in [1.82, 2.24) is 9.80 Å². The van der Waals surface area contributed by atoms with Crippen molar-refractivity contribution in [2.24, 2.45) is 0 Å². The van der Waals surface area contributed by atoms with Gasteiger partial charge in [0, 0.05) is 61.0 Å². The van der Waals surface area contributed by atoms with Gasteiger partial charge in [-0.05, 0) is 36.4 Å². The molecule has 0 atom stereocenters. The SMILES string of the molecule is CN1CCN(C)C(=O)C1=O.Fc1cc(F)cc(Br)c1.O=C(C(=O)c1cc(F)cc(F)c1)c1cc(F)cc(F)c1.[H-].[H-].[Mg+2]. The largest absolute Gasteiger partial charge is 2.00 e. The second-order valence-electron chi connectivity index (χ2n) is 8.02. The van der Waals surface area contributed by atoms with Crippen molar-refractivity contribution in [1.29, 1.82) is 0 Å². The molecule has 3 aromatic carbocycles. The Kier molecular flexibility index (Phi) is 13.5. The molecule has 3 aromatic rings. The van der Waals surface area contributed by atoms with Gasteiger partial charge in [0.15, 0.2) is 0 Å². The Balaban J connectivity index is 0. The van der Waals surface area contributed by atoms with Crippen LogP contribution in [0.5, 0.6) is 0 Å². The van der Waals surface area contributed by atoms with E-state index >= 15 is 0 Å². The fourth-order valence-electron chi connectivity index (χ4n) is 2.98. The number of hydrogen-bond acceptors (Lipinski definition) is 4. The summed E-state index contributed by atoms with van der Waals surface area (Å²) in [6.45, 7) is 1.28. The molecule has 0 aliphatic carbocycles. The van der Waals surface area contributed by atoms with Crippen molar-refractivity contribution >= 4 is 62.4 Å². The van der Waals surface area contributed by atoms with Crippen LogP contribution in [0.2, 0.25) is 0 Å². The number of rotatable bonds is 3. The number of amides is 2. The summed E-state index contributed by atoms with van der Waals surface area (Å²) < 4.78 is 76.6. The molecule has 1 aliphatic rings. The molecule has 0 unspecified atom stereocenters. The first-order valence-corrected chi connectivity index (χ1v) is 11.6. The van der Waals surface area contributed by atoms with Crippen LogP contribution in [0, 0.1) is 34.9 Å². The smallest absolute Gasteiger partial charge is 1.00 e. The first kappa shape index (κ1) is 34.8. The van der Waals surface area contributed by atoms with Crippen molar-refractivity contribution < 1.29 is 48.4 Å². The van der Waals surface area contributed by atoms with E-state index < -0.39 is 69.4 Å². The van der Waals surface area contributed by atoms with E-state index in [1.807, 2.05) is 0 Å². The number of piperazine rings is 1. The van der Waals surface area contributed by atoms with Crippen molar-refractivity contribution in [2.75, 3.05) is 27.2 Å². The zero-order valence-corrected chi connectivity index (χ0v) is 24.0. The van der Waals surface area contributed by atoms with E-state index in [4.69, 9.17) is 0 Å². The third-order valence-corrected chi connectivity index (χ3v) is 5.39. The van der Waals surface area contributed by atoms with Crippen LogP contribution in [0.3, 0.4) is 0 Å². The molecule has 6 nitrogen and oxygen atoms in total. The van der Waals surface area contributed by atoms with Crippen LogP contribution in [0.15, 0.2) is 59.1 Å². The number of Topliss-reactive ketones (excluding diaryl/α,β-unsaturated/α-hetero) is 2. The number of benzene rings is 3. The number of carbonyl (C=O) groups is 4. The minimum atomic E-state index is -1.26. The molecule has 2 amide bonds. The van der Waals surface area contributed by atoms with Crippen LogP contribution < -0.4 is 0 Å². The van der Waals surface area contributed by atoms with Crippen LogP contribution in [-0.4, -0.2) is 83.4 Å². The molecule has 1 fully saturated rings. The van der Waals surface area contributed by atoms with Gasteiger partial charge in [-0.1, -0.05) is 15.9 Å². The Hall–Kier alpha value is -3.23. The Morgan fingerprint density at radius 1 is 0.600 bits per heavy atom. The molecule has 0 saturated carbocycles. The van der Waals surface area contributed by atoms with Crippen LogP contribution in [0.4, 0.5) is 26.3 Å². The standard InChI is InChI=1S/C14H6F4O2.C6H3BrF2.C6H10N2O2.Mg.2H/c15-9-1-7(2-10(16)5-9)13(19)14(20)8-3-11(17)6-12(18)4-8;7-4-1-5(8)3-6(9)2-4;1-7-3-4-8(2)6(10)5(7)9;;;/h1-6H;1-3H;3-4H2,1-2H3;;;/q;;;+2;2*-1. The maximum atomic E-state index is 13.0. The molecular formula is C26H21BrF6MgN2O4. The first-order chi connectivity index (χ1) is 18.2. The summed E-state index contributed by atoms with van der Waals surface area (Å²) in [6.07, 6.45) is 0. The molecule has 0 spiro atoms. The molecule has 14 heteroatoms. The fraction of sp³-hybridized carbons (Fsp3) is 0.154. The van der Waals surface area contributed by atoms with Crippen LogP contribution in [0.25, 0.3) is 0 Å². The topological polar surface area (TPSA) is 74.8 Å². The molecule has 0 bridgehead atoms. The van der Waals surface area contributed by atoms with Crippen molar-refractivity contribution in [3.05, 3.63) is 105 Å². The van der Waals surface area contributed by atoms with Gasteiger partial charge in [0.1, 0.15) is 34.9 Å². The van der Waals surface area contributed by atoms with Gasteiger partial charge in [-0.25, -0.2) is 26.3 Å². The van der Waals surface area contributed by atoms with Gasteiger partial charge >= 0.3 is 34.9 Å². The molecule has 210 valence electrons. The molecule has 1 heterocycles. The Labute approximate surface area is 252 Å². The third kappa shape index (κ3) is 10.4. The van der Waals surface area contributed by atoms with E-state index in [1.165, 1.54) is 21.9 Å². The predicted molar refractivity (Wildman–Crippen MR) is 139 cm³/mol. The number of carbonyl (C=O) groups excluding carboxylic acids is 4. The van der Waals surface area contributed by atoms with Crippen LogP contribution in [-0.2, 0) is 9.59 Å². The minimum absolute atomic E-state index is 0. The van der Waals surface area contributed by atoms with E-state index in [0.29, 0.717) is 54.0 Å². The average Bonchev–Trinajstić information content (AvgIpc) is 2.83. The number of ketones is 2. The van der Waals surface area contributed by atoms with Crippen molar-refractivity contribution in [3.8, 4) is 0 Å². The number of hydrogen-bond donors (Lipinski definition) is 0. The molecule has 0 aromatic heterocycles. The molecular weight excluding hydrogens is 622 g/mol. The third-order valence-electron chi connectivity index (χ3n) is 4.93. The summed E-state index contributed by atoms with van der Waals surface area (Å²) in [7, 11) is 3.26. The number of halogens is 7. The summed E-state index contributed by atoms with van der Waals surface area (Å²) in [5.74, 6) is -8.61. The maximum absolute atomic E-state index is 13.0. The van der Waals surface area contributed by atoms with E-state index in [2.05, 4.69) is 15.9 Å². The molecule has 0 radical (unpaired) electrons. The molecule has 1 aliphatic heterocycles.